The van der Waals surface area contributed by atoms with E-state index >= 15 is 0 Å². The molecule has 140 valence electrons. The third-order valence-electron chi connectivity index (χ3n) is 4.90. The average molecular weight is 403 g/mol. The summed E-state index contributed by atoms with van der Waals surface area (Å²) in [4.78, 5) is 4.70. The molecule has 7 heteroatoms. The largest absolute Gasteiger partial charge is 0.419 e. The van der Waals surface area contributed by atoms with Crippen molar-refractivity contribution in [3.05, 3.63) is 64.5 Å². The third-order valence-corrected chi connectivity index (χ3v) is 5.38. The predicted molar refractivity (Wildman–Crippen MR) is 108 cm³/mol. The molecule has 0 amide bonds. The molecule has 0 radical (unpaired) electrons. The molecule has 5 nitrogen and oxygen atoms in total. The Bertz CT molecular complexity index is 922. The summed E-state index contributed by atoms with van der Waals surface area (Å²) in [7, 11) is 0. The van der Waals surface area contributed by atoms with E-state index < -0.39 is 0 Å². The van der Waals surface area contributed by atoms with Crippen molar-refractivity contribution in [2.75, 3.05) is 31.1 Å². The van der Waals surface area contributed by atoms with E-state index in [0.717, 1.165) is 42.5 Å². The Morgan fingerprint density at radius 3 is 2.33 bits per heavy atom. The Morgan fingerprint density at radius 1 is 0.926 bits per heavy atom. The van der Waals surface area contributed by atoms with Crippen LogP contribution in [0.2, 0.25) is 10.0 Å². The minimum atomic E-state index is 0.0620. The highest BCUT2D eigenvalue weighted by molar-refractivity contribution is 6.31. The molecule has 1 aliphatic heterocycles. The van der Waals surface area contributed by atoms with Crippen LogP contribution < -0.4 is 4.90 Å². The maximum absolute atomic E-state index is 6.11. The Hall–Kier alpha value is -2.08. The molecule has 0 bridgehead atoms. The number of benzene rings is 2. The van der Waals surface area contributed by atoms with Gasteiger partial charge in [-0.05, 0) is 43.3 Å². The zero-order chi connectivity index (χ0) is 18.8. The molecule has 3 aromatic rings. The molecule has 1 aromatic heterocycles. The normalized spacial score (nSPS) is 16.5. The van der Waals surface area contributed by atoms with Crippen molar-refractivity contribution in [2.24, 2.45) is 0 Å². The van der Waals surface area contributed by atoms with Crippen molar-refractivity contribution < 1.29 is 4.42 Å². The Kier molecular flexibility index (Phi) is 5.34. The van der Waals surface area contributed by atoms with Gasteiger partial charge in [0.25, 0.3) is 0 Å². The zero-order valence-electron chi connectivity index (χ0n) is 15.0. The maximum Gasteiger partial charge on any atom is 0.247 e. The number of hydrogen-bond acceptors (Lipinski definition) is 5. The molecule has 1 aliphatic rings. The second kappa shape index (κ2) is 7.89. The van der Waals surface area contributed by atoms with Crippen LogP contribution >= 0.6 is 23.2 Å². The molecule has 1 atom stereocenters. The topological polar surface area (TPSA) is 45.4 Å². The first-order valence-corrected chi connectivity index (χ1v) is 9.69. The molecule has 1 saturated heterocycles. The Balaban J connectivity index is 1.42. The lowest BCUT2D eigenvalue weighted by Crippen LogP contribution is -2.47. The minimum Gasteiger partial charge on any atom is -0.419 e. The van der Waals surface area contributed by atoms with Gasteiger partial charge < -0.3 is 9.32 Å². The molecule has 4 rings (SSSR count). The highest BCUT2D eigenvalue weighted by Crippen LogP contribution is 2.27. The summed E-state index contributed by atoms with van der Waals surface area (Å²) in [6.07, 6.45) is 0. The first-order chi connectivity index (χ1) is 13.1. The monoisotopic (exact) mass is 402 g/mol. The van der Waals surface area contributed by atoms with Crippen LogP contribution in [0.15, 0.2) is 52.9 Å². The van der Waals surface area contributed by atoms with Crippen LogP contribution in [-0.4, -0.2) is 41.3 Å². The van der Waals surface area contributed by atoms with Crippen LogP contribution in [-0.2, 0) is 0 Å². The fourth-order valence-corrected chi connectivity index (χ4v) is 3.71. The third kappa shape index (κ3) is 4.10. The van der Waals surface area contributed by atoms with Gasteiger partial charge in [0.1, 0.15) is 0 Å². The van der Waals surface area contributed by atoms with Crippen LogP contribution in [0.4, 0.5) is 5.69 Å². The second-order valence-electron chi connectivity index (χ2n) is 6.63. The number of aromatic nitrogens is 2. The first-order valence-electron chi connectivity index (χ1n) is 8.94. The van der Waals surface area contributed by atoms with Gasteiger partial charge in [0.2, 0.25) is 11.8 Å². The van der Waals surface area contributed by atoms with E-state index in [2.05, 4.69) is 33.0 Å². The number of rotatable bonds is 4. The Morgan fingerprint density at radius 2 is 1.63 bits per heavy atom. The van der Waals surface area contributed by atoms with Crippen LogP contribution in [0, 0.1) is 0 Å². The highest BCUT2D eigenvalue weighted by Gasteiger charge is 2.26. The van der Waals surface area contributed by atoms with Gasteiger partial charge in [0.05, 0.1) is 6.04 Å². The molecule has 2 aromatic carbocycles. The molecular formula is C20H20Cl2N4O. The van der Waals surface area contributed by atoms with Crippen molar-refractivity contribution in [3.63, 3.8) is 0 Å². The van der Waals surface area contributed by atoms with Gasteiger partial charge in [-0.3, -0.25) is 4.90 Å². The fourth-order valence-electron chi connectivity index (χ4n) is 3.34. The Labute approximate surface area is 168 Å². The smallest absolute Gasteiger partial charge is 0.247 e. The highest BCUT2D eigenvalue weighted by atomic mass is 35.5. The van der Waals surface area contributed by atoms with Crippen LogP contribution in [0.5, 0.6) is 0 Å². The van der Waals surface area contributed by atoms with Crippen molar-refractivity contribution >= 4 is 28.9 Å². The molecule has 0 saturated carbocycles. The van der Waals surface area contributed by atoms with Crippen LogP contribution in [0.25, 0.3) is 11.5 Å². The van der Waals surface area contributed by atoms with Crippen molar-refractivity contribution in [1.82, 2.24) is 15.1 Å². The number of hydrogen-bond donors (Lipinski definition) is 0. The van der Waals surface area contributed by atoms with E-state index in [1.165, 1.54) is 0 Å². The van der Waals surface area contributed by atoms with Crippen molar-refractivity contribution in [3.8, 4) is 11.5 Å². The number of halogens is 2. The summed E-state index contributed by atoms with van der Waals surface area (Å²) < 4.78 is 5.91. The average Bonchev–Trinajstić information content (AvgIpc) is 3.18. The summed E-state index contributed by atoms with van der Waals surface area (Å²) in [6.45, 7) is 5.80. The minimum absolute atomic E-state index is 0.0620. The summed E-state index contributed by atoms with van der Waals surface area (Å²) in [5.74, 6) is 1.12. The summed E-state index contributed by atoms with van der Waals surface area (Å²) >= 11 is 12.2. The van der Waals surface area contributed by atoms with Crippen molar-refractivity contribution in [2.45, 2.75) is 13.0 Å². The molecule has 0 unspecified atom stereocenters. The van der Waals surface area contributed by atoms with Gasteiger partial charge in [-0.15, -0.1) is 10.2 Å². The molecular weight excluding hydrogens is 383 g/mol. The lowest BCUT2D eigenvalue weighted by atomic mass is 10.2. The van der Waals surface area contributed by atoms with Gasteiger partial charge in [0.15, 0.2) is 0 Å². The van der Waals surface area contributed by atoms with E-state index in [1.54, 1.807) is 0 Å². The van der Waals surface area contributed by atoms with Crippen LogP contribution in [0.3, 0.4) is 0 Å². The maximum atomic E-state index is 6.11. The molecule has 0 spiro atoms. The molecule has 2 heterocycles. The SMILES string of the molecule is C[C@@H](c1nnc(-c2cccc(Cl)c2)o1)N1CCN(c2cccc(Cl)c2)CC1. The fraction of sp³-hybridized carbons (Fsp3) is 0.300. The zero-order valence-corrected chi connectivity index (χ0v) is 16.5. The van der Waals surface area contributed by atoms with E-state index in [9.17, 15) is 0 Å². The summed E-state index contributed by atoms with van der Waals surface area (Å²) in [5, 5.41) is 9.86. The number of piperazine rings is 1. The first kappa shape index (κ1) is 18.3. The van der Waals surface area contributed by atoms with Crippen LogP contribution in [0.1, 0.15) is 18.9 Å². The van der Waals surface area contributed by atoms with Gasteiger partial charge in [-0.2, -0.15) is 0 Å². The van der Waals surface area contributed by atoms with Crippen molar-refractivity contribution in [1.29, 1.82) is 0 Å². The molecule has 1 fully saturated rings. The second-order valence-corrected chi connectivity index (χ2v) is 7.51. The van der Waals surface area contributed by atoms with Gasteiger partial charge in [0, 0.05) is 47.5 Å². The van der Waals surface area contributed by atoms with E-state index in [-0.39, 0.29) is 6.04 Å². The van der Waals surface area contributed by atoms with Gasteiger partial charge in [-0.1, -0.05) is 35.3 Å². The number of nitrogens with zero attached hydrogens (tertiary/aromatic N) is 4. The summed E-state index contributed by atoms with van der Waals surface area (Å²) in [6, 6.07) is 15.5. The lowest BCUT2D eigenvalue weighted by molar-refractivity contribution is 0.174. The van der Waals surface area contributed by atoms with E-state index in [0.29, 0.717) is 16.8 Å². The molecule has 0 aliphatic carbocycles. The molecule has 0 N–H and O–H groups in total. The van der Waals surface area contributed by atoms with Gasteiger partial charge >= 0.3 is 0 Å². The van der Waals surface area contributed by atoms with Gasteiger partial charge in [-0.25, -0.2) is 0 Å². The van der Waals surface area contributed by atoms with E-state index in [1.807, 2.05) is 42.5 Å². The molecule has 27 heavy (non-hydrogen) atoms. The van der Waals surface area contributed by atoms with E-state index in [4.69, 9.17) is 27.6 Å². The predicted octanol–water partition coefficient (Wildman–Crippen LogP) is 4.93. The lowest BCUT2D eigenvalue weighted by Gasteiger charge is -2.38. The standard InChI is InChI=1S/C20H20Cl2N4O/c1-14(19-23-24-20(27-19)15-4-2-5-16(21)12-15)25-8-10-26(11-9-25)18-7-3-6-17(22)13-18/h2-7,12-14H,8-11H2,1H3/t14-/m0/s1. The summed E-state index contributed by atoms with van der Waals surface area (Å²) in [5.41, 5.74) is 2.00. The quantitative estimate of drug-likeness (QED) is 0.618. The number of anilines is 1.